The van der Waals surface area contributed by atoms with Gasteiger partial charge in [-0.05, 0) is 61.0 Å². The number of amides is 2. The second kappa shape index (κ2) is 6.63. The van der Waals surface area contributed by atoms with Gasteiger partial charge in [-0.3, -0.25) is 9.59 Å². The van der Waals surface area contributed by atoms with E-state index in [4.69, 9.17) is 23.2 Å². The Morgan fingerprint density at radius 2 is 1.79 bits per heavy atom. The van der Waals surface area contributed by atoms with E-state index in [1.807, 2.05) is 26.0 Å². The number of hydrogen-bond donors (Lipinski definition) is 0. The monoisotopic (exact) mass is 377 g/mol. The van der Waals surface area contributed by atoms with Gasteiger partial charge in [0.2, 0.25) is 0 Å². The molecule has 3 rings (SSSR count). The molecule has 1 aliphatic heterocycles. The third-order valence-corrected chi connectivity index (χ3v) is 5.07. The van der Waals surface area contributed by atoms with Gasteiger partial charge < -0.3 is 0 Å². The number of anilines is 1. The Hall–Kier alpha value is -1.75. The molecule has 1 heterocycles. The first kappa shape index (κ1) is 17.1. The van der Waals surface area contributed by atoms with Crippen LogP contribution in [-0.4, -0.2) is 11.1 Å². The summed E-state index contributed by atoms with van der Waals surface area (Å²) in [6.45, 7) is 3.85. The lowest BCUT2D eigenvalue weighted by molar-refractivity contribution is -0.113. The van der Waals surface area contributed by atoms with Crippen molar-refractivity contribution in [2.45, 2.75) is 13.8 Å². The van der Waals surface area contributed by atoms with E-state index in [2.05, 4.69) is 0 Å². The van der Waals surface area contributed by atoms with E-state index in [-0.39, 0.29) is 11.1 Å². The highest BCUT2D eigenvalue weighted by atomic mass is 35.5. The minimum absolute atomic E-state index is 0.316. The Balaban J connectivity index is 1.98. The van der Waals surface area contributed by atoms with Crippen molar-refractivity contribution in [1.82, 2.24) is 0 Å². The molecule has 24 heavy (non-hydrogen) atoms. The Morgan fingerprint density at radius 1 is 1.04 bits per heavy atom. The van der Waals surface area contributed by atoms with Crippen molar-refractivity contribution in [3.8, 4) is 0 Å². The zero-order valence-electron chi connectivity index (χ0n) is 13.0. The molecular weight excluding hydrogens is 365 g/mol. The van der Waals surface area contributed by atoms with Crippen LogP contribution < -0.4 is 4.90 Å². The number of carbonyl (C=O) groups is 2. The minimum Gasteiger partial charge on any atom is -0.268 e. The fourth-order valence-electron chi connectivity index (χ4n) is 2.49. The Morgan fingerprint density at radius 3 is 2.46 bits per heavy atom. The molecule has 0 spiro atoms. The molecule has 3 nitrogen and oxygen atoms in total. The van der Waals surface area contributed by atoms with Gasteiger partial charge in [0, 0.05) is 10.0 Å². The Labute approximate surface area is 154 Å². The van der Waals surface area contributed by atoms with Crippen molar-refractivity contribution in [1.29, 1.82) is 0 Å². The van der Waals surface area contributed by atoms with Gasteiger partial charge in [0.25, 0.3) is 11.1 Å². The third kappa shape index (κ3) is 3.22. The fourth-order valence-corrected chi connectivity index (χ4v) is 3.78. The molecule has 0 radical (unpaired) electrons. The third-order valence-electron chi connectivity index (χ3n) is 3.64. The summed E-state index contributed by atoms with van der Waals surface area (Å²) in [5.41, 5.74) is 3.20. The first-order valence-electron chi connectivity index (χ1n) is 7.17. The van der Waals surface area contributed by atoms with Gasteiger partial charge in [-0.15, -0.1) is 0 Å². The zero-order valence-corrected chi connectivity index (χ0v) is 15.3. The number of hydrogen-bond acceptors (Lipinski definition) is 3. The predicted octanol–water partition coefficient (Wildman–Crippen LogP) is 5.85. The van der Waals surface area contributed by atoms with Crippen LogP contribution in [0.4, 0.5) is 10.5 Å². The highest BCUT2D eigenvalue weighted by molar-refractivity contribution is 8.19. The van der Waals surface area contributed by atoms with Gasteiger partial charge in [0.1, 0.15) is 0 Å². The number of thioether (sulfide) groups is 1. The van der Waals surface area contributed by atoms with Gasteiger partial charge in [-0.25, -0.2) is 4.90 Å². The average molecular weight is 378 g/mol. The summed E-state index contributed by atoms with van der Waals surface area (Å²) in [6.07, 6.45) is 1.62. The number of carbonyl (C=O) groups excluding carboxylic acids is 2. The summed E-state index contributed by atoms with van der Waals surface area (Å²) < 4.78 is 0. The SMILES string of the molecule is Cc1ccc(N2C(=O)S/C(=C\c3ccc(Cl)cc3Cl)C2=O)c(C)c1. The largest absolute Gasteiger partial charge is 0.298 e. The standard InChI is InChI=1S/C18H13Cl2NO2S/c1-10-3-6-15(11(2)7-10)21-17(22)16(24-18(21)23)8-12-4-5-13(19)9-14(12)20/h3-9H,1-2H3/b16-8-. The van der Waals surface area contributed by atoms with Crippen LogP contribution in [0.1, 0.15) is 16.7 Å². The molecule has 0 aromatic heterocycles. The molecule has 2 amide bonds. The molecule has 1 fully saturated rings. The van der Waals surface area contributed by atoms with E-state index < -0.39 is 0 Å². The lowest BCUT2D eigenvalue weighted by atomic mass is 10.1. The van der Waals surface area contributed by atoms with Crippen molar-refractivity contribution in [3.63, 3.8) is 0 Å². The zero-order chi connectivity index (χ0) is 17.4. The maximum atomic E-state index is 12.7. The van der Waals surface area contributed by atoms with E-state index in [9.17, 15) is 9.59 Å². The second-order valence-electron chi connectivity index (χ2n) is 5.47. The summed E-state index contributed by atoms with van der Waals surface area (Å²) in [6, 6.07) is 10.6. The second-order valence-corrected chi connectivity index (χ2v) is 7.31. The number of nitrogens with zero attached hydrogens (tertiary/aromatic N) is 1. The van der Waals surface area contributed by atoms with E-state index in [0.717, 1.165) is 22.9 Å². The number of aryl methyl sites for hydroxylation is 2. The molecule has 1 aliphatic rings. The van der Waals surface area contributed by atoms with E-state index in [0.29, 0.717) is 26.2 Å². The first-order chi connectivity index (χ1) is 11.4. The van der Waals surface area contributed by atoms with Crippen molar-refractivity contribution >= 4 is 57.9 Å². The number of halogens is 2. The number of rotatable bonds is 2. The lowest BCUT2D eigenvalue weighted by Gasteiger charge is -2.15. The van der Waals surface area contributed by atoms with Gasteiger partial charge in [0.05, 0.1) is 10.6 Å². The Bertz CT molecular complexity index is 893. The minimum atomic E-state index is -0.344. The molecule has 6 heteroatoms. The lowest BCUT2D eigenvalue weighted by Crippen LogP contribution is -2.28. The van der Waals surface area contributed by atoms with Crippen molar-refractivity contribution in [2.24, 2.45) is 0 Å². The van der Waals surface area contributed by atoms with Crippen molar-refractivity contribution in [3.05, 3.63) is 68.0 Å². The normalized spacial score (nSPS) is 16.3. The van der Waals surface area contributed by atoms with Crippen LogP contribution in [0.2, 0.25) is 10.0 Å². The summed E-state index contributed by atoms with van der Waals surface area (Å²) in [4.78, 5) is 26.6. The van der Waals surface area contributed by atoms with Crippen molar-refractivity contribution < 1.29 is 9.59 Å². The first-order valence-corrected chi connectivity index (χ1v) is 8.74. The molecule has 0 saturated carbocycles. The van der Waals surface area contributed by atoms with Crippen molar-refractivity contribution in [2.75, 3.05) is 4.90 Å². The van der Waals surface area contributed by atoms with Gasteiger partial charge in [0.15, 0.2) is 0 Å². The van der Waals surface area contributed by atoms with E-state index >= 15 is 0 Å². The molecule has 0 bridgehead atoms. The maximum Gasteiger partial charge on any atom is 0.298 e. The van der Waals surface area contributed by atoms with Crippen LogP contribution in [0.5, 0.6) is 0 Å². The highest BCUT2D eigenvalue weighted by Crippen LogP contribution is 2.38. The summed E-state index contributed by atoms with van der Waals surface area (Å²) >= 11 is 12.9. The summed E-state index contributed by atoms with van der Waals surface area (Å²) in [7, 11) is 0. The van der Waals surface area contributed by atoms with Crippen LogP contribution >= 0.6 is 35.0 Å². The van der Waals surface area contributed by atoms with Crippen LogP contribution in [0.3, 0.4) is 0 Å². The highest BCUT2D eigenvalue weighted by Gasteiger charge is 2.37. The maximum absolute atomic E-state index is 12.7. The van der Waals surface area contributed by atoms with Gasteiger partial charge in [-0.2, -0.15) is 0 Å². The smallest absolute Gasteiger partial charge is 0.268 e. The number of benzene rings is 2. The molecule has 2 aromatic rings. The molecule has 122 valence electrons. The van der Waals surface area contributed by atoms with Crippen LogP contribution in [-0.2, 0) is 4.79 Å². The molecular formula is C18H13Cl2NO2S. The fraction of sp³-hybridized carbons (Fsp3) is 0.111. The van der Waals surface area contributed by atoms with Crippen LogP contribution in [0.15, 0.2) is 41.3 Å². The number of imide groups is 1. The van der Waals surface area contributed by atoms with Crippen LogP contribution in [0.25, 0.3) is 6.08 Å². The topological polar surface area (TPSA) is 37.4 Å². The molecule has 0 aliphatic carbocycles. The average Bonchev–Trinajstić information content (AvgIpc) is 2.77. The predicted molar refractivity (Wildman–Crippen MR) is 101 cm³/mol. The summed E-state index contributed by atoms with van der Waals surface area (Å²) in [5, 5.41) is 0.629. The molecule has 0 N–H and O–H groups in total. The van der Waals surface area contributed by atoms with E-state index in [1.54, 1.807) is 30.3 Å². The Kier molecular flexibility index (Phi) is 4.72. The summed E-state index contributed by atoms with van der Waals surface area (Å²) in [5.74, 6) is -0.344. The molecule has 2 aromatic carbocycles. The van der Waals surface area contributed by atoms with Crippen LogP contribution in [0, 0.1) is 13.8 Å². The van der Waals surface area contributed by atoms with Gasteiger partial charge in [-0.1, -0.05) is 47.0 Å². The molecule has 0 atom stereocenters. The quantitative estimate of drug-likeness (QED) is 0.615. The molecule has 1 saturated heterocycles. The van der Waals surface area contributed by atoms with Gasteiger partial charge >= 0.3 is 0 Å². The van der Waals surface area contributed by atoms with E-state index in [1.165, 1.54) is 4.90 Å². The molecule has 0 unspecified atom stereocenters.